The van der Waals surface area contributed by atoms with Crippen molar-refractivity contribution in [2.75, 3.05) is 12.4 Å². The standard InChI is InChI=1S/C13H18O3S/c1-9(6-14)7-17-8-12-5-11(10(2)15)3-4-13(12)16/h3-5,9,14,16H,6-8H2,1-2H3. The number of carbonyl (C=O) groups is 1. The van der Waals surface area contributed by atoms with E-state index < -0.39 is 0 Å². The zero-order chi connectivity index (χ0) is 12.8. The van der Waals surface area contributed by atoms with Crippen LogP contribution in [0, 0.1) is 5.92 Å². The minimum absolute atomic E-state index is 0.0000220. The van der Waals surface area contributed by atoms with Crippen LogP contribution in [0.2, 0.25) is 0 Å². The first kappa shape index (κ1) is 14.1. The number of ketones is 1. The SMILES string of the molecule is CC(=O)c1ccc(O)c(CSCC(C)CO)c1. The van der Waals surface area contributed by atoms with Crippen molar-refractivity contribution in [1.29, 1.82) is 0 Å². The number of benzene rings is 1. The second-order valence-corrected chi connectivity index (χ2v) is 5.23. The highest BCUT2D eigenvalue weighted by molar-refractivity contribution is 7.98. The summed E-state index contributed by atoms with van der Waals surface area (Å²) in [4.78, 5) is 11.2. The van der Waals surface area contributed by atoms with Gasteiger partial charge >= 0.3 is 0 Å². The number of aliphatic hydroxyl groups is 1. The molecule has 0 fully saturated rings. The van der Waals surface area contributed by atoms with Crippen LogP contribution < -0.4 is 0 Å². The van der Waals surface area contributed by atoms with Crippen LogP contribution >= 0.6 is 11.8 Å². The van der Waals surface area contributed by atoms with Gasteiger partial charge in [0, 0.05) is 23.5 Å². The quantitative estimate of drug-likeness (QED) is 0.766. The fourth-order valence-electron chi connectivity index (χ4n) is 1.34. The fourth-order valence-corrected chi connectivity index (χ4v) is 2.42. The summed E-state index contributed by atoms with van der Waals surface area (Å²) in [5, 5.41) is 18.6. The Morgan fingerprint density at radius 1 is 1.47 bits per heavy atom. The molecule has 94 valence electrons. The minimum Gasteiger partial charge on any atom is -0.508 e. The maximum atomic E-state index is 11.2. The molecule has 4 heteroatoms. The Morgan fingerprint density at radius 2 is 2.18 bits per heavy atom. The molecule has 1 aromatic carbocycles. The first-order valence-corrected chi connectivity index (χ1v) is 6.71. The molecular weight excluding hydrogens is 236 g/mol. The molecule has 0 radical (unpaired) electrons. The summed E-state index contributed by atoms with van der Waals surface area (Å²) in [6.07, 6.45) is 0. The molecule has 0 aliphatic carbocycles. The summed E-state index contributed by atoms with van der Waals surface area (Å²) >= 11 is 1.64. The largest absolute Gasteiger partial charge is 0.508 e. The zero-order valence-electron chi connectivity index (χ0n) is 10.1. The van der Waals surface area contributed by atoms with E-state index in [0.717, 1.165) is 11.3 Å². The monoisotopic (exact) mass is 254 g/mol. The van der Waals surface area contributed by atoms with Crippen molar-refractivity contribution in [1.82, 2.24) is 0 Å². The molecule has 1 atom stereocenters. The number of hydrogen-bond donors (Lipinski definition) is 2. The van der Waals surface area contributed by atoms with Gasteiger partial charge in [0.1, 0.15) is 5.75 Å². The van der Waals surface area contributed by atoms with E-state index in [1.54, 1.807) is 30.0 Å². The van der Waals surface area contributed by atoms with Crippen LogP contribution in [-0.4, -0.2) is 28.4 Å². The molecule has 3 nitrogen and oxygen atoms in total. The third-order valence-corrected chi connectivity index (χ3v) is 3.78. The van der Waals surface area contributed by atoms with Gasteiger partial charge in [-0.2, -0.15) is 11.8 Å². The van der Waals surface area contributed by atoms with Gasteiger partial charge < -0.3 is 10.2 Å². The highest BCUT2D eigenvalue weighted by Crippen LogP contribution is 2.24. The normalized spacial score (nSPS) is 12.4. The van der Waals surface area contributed by atoms with Gasteiger partial charge in [0.2, 0.25) is 0 Å². The molecule has 0 bridgehead atoms. The Labute approximate surface area is 106 Å². The second-order valence-electron chi connectivity index (χ2n) is 4.20. The van der Waals surface area contributed by atoms with Crippen molar-refractivity contribution < 1.29 is 15.0 Å². The van der Waals surface area contributed by atoms with Gasteiger partial charge in [-0.15, -0.1) is 0 Å². The van der Waals surface area contributed by atoms with E-state index in [-0.39, 0.29) is 24.1 Å². The number of Topliss-reactive ketones (excluding diaryl/α,β-unsaturated/α-hetero) is 1. The topological polar surface area (TPSA) is 57.5 Å². The number of thioether (sulfide) groups is 1. The number of aliphatic hydroxyl groups excluding tert-OH is 1. The highest BCUT2D eigenvalue weighted by Gasteiger charge is 2.07. The van der Waals surface area contributed by atoms with E-state index in [1.165, 1.54) is 6.92 Å². The van der Waals surface area contributed by atoms with Crippen LogP contribution in [0.3, 0.4) is 0 Å². The highest BCUT2D eigenvalue weighted by atomic mass is 32.2. The number of hydrogen-bond acceptors (Lipinski definition) is 4. The first-order chi connectivity index (χ1) is 8.04. The minimum atomic E-state index is -0.0000220. The summed E-state index contributed by atoms with van der Waals surface area (Å²) in [6.45, 7) is 3.66. The summed E-state index contributed by atoms with van der Waals surface area (Å²) in [7, 11) is 0. The van der Waals surface area contributed by atoms with Crippen molar-refractivity contribution in [3.05, 3.63) is 29.3 Å². The van der Waals surface area contributed by atoms with Gasteiger partial charge in [-0.1, -0.05) is 6.92 Å². The van der Waals surface area contributed by atoms with Crippen LogP contribution in [-0.2, 0) is 5.75 Å². The van der Waals surface area contributed by atoms with E-state index in [0.29, 0.717) is 11.3 Å². The molecule has 0 amide bonds. The average Bonchev–Trinajstić information content (AvgIpc) is 2.30. The number of phenolic OH excluding ortho intramolecular Hbond substituents is 1. The predicted molar refractivity (Wildman–Crippen MR) is 70.5 cm³/mol. The van der Waals surface area contributed by atoms with Crippen LogP contribution in [0.5, 0.6) is 5.75 Å². The van der Waals surface area contributed by atoms with E-state index in [9.17, 15) is 9.90 Å². The molecular formula is C13H18O3S. The molecule has 0 saturated carbocycles. The molecule has 0 heterocycles. The van der Waals surface area contributed by atoms with Crippen molar-refractivity contribution >= 4 is 17.5 Å². The van der Waals surface area contributed by atoms with Gasteiger partial charge in [-0.25, -0.2) is 0 Å². The third kappa shape index (κ3) is 4.40. The Morgan fingerprint density at radius 3 is 2.76 bits per heavy atom. The predicted octanol–water partition coefficient (Wildman–Crippen LogP) is 2.46. The van der Waals surface area contributed by atoms with E-state index >= 15 is 0 Å². The van der Waals surface area contributed by atoms with Crippen molar-refractivity contribution in [3.63, 3.8) is 0 Å². The van der Waals surface area contributed by atoms with Crippen molar-refractivity contribution in [2.45, 2.75) is 19.6 Å². The van der Waals surface area contributed by atoms with Crippen molar-refractivity contribution in [2.24, 2.45) is 5.92 Å². The lowest BCUT2D eigenvalue weighted by molar-refractivity contribution is 0.101. The fraction of sp³-hybridized carbons (Fsp3) is 0.462. The Bertz CT molecular complexity index is 390. The maximum absolute atomic E-state index is 11.2. The average molecular weight is 254 g/mol. The number of rotatable bonds is 6. The molecule has 17 heavy (non-hydrogen) atoms. The van der Waals surface area contributed by atoms with E-state index in [2.05, 4.69) is 0 Å². The lowest BCUT2D eigenvalue weighted by atomic mass is 10.1. The third-order valence-electron chi connectivity index (χ3n) is 2.46. The molecule has 1 rings (SSSR count). The zero-order valence-corrected chi connectivity index (χ0v) is 11.0. The summed E-state index contributed by atoms with van der Waals surface area (Å²) in [5.41, 5.74) is 1.39. The maximum Gasteiger partial charge on any atom is 0.159 e. The smallest absolute Gasteiger partial charge is 0.159 e. The Kier molecular flexibility index (Phi) is 5.51. The van der Waals surface area contributed by atoms with Gasteiger partial charge in [-0.05, 0) is 36.8 Å². The summed E-state index contributed by atoms with van der Waals surface area (Å²) in [6, 6.07) is 4.92. The van der Waals surface area contributed by atoms with E-state index in [4.69, 9.17) is 5.11 Å². The van der Waals surface area contributed by atoms with Gasteiger partial charge in [-0.3, -0.25) is 4.79 Å². The Balaban J connectivity index is 2.63. The number of aromatic hydroxyl groups is 1. The van der Waals surface area contributed by atoms with Gasteiger partial charge in [0.15, 0.2) is 5.78 Å². The lowest BCUT2D eigenvalue weighted by Crippen LogP contribution is -2.03. The Hall–Kier alpha value is -1.00. The van der Waals surface area contributed by atoms with Gasteiger partial charge in [0.25, 0.3) is 0 Å². The van der Waals surface area contributed by atoms with Crippen molar-refractivity contribution in [3.8, 4) is 5.75 Å². The number of carbonyl (C=O) groups excluding carboxylic acids is 1. The van der Waals surface area contributed by atoms with E-state index in [1.807, 2.05) is 6.92 Å². The van der Waals surface area contributed by atoms with Crippen LogP contribution in [0.25, 0.3) is 0 Å². The molecule has 0 aliphatic rings. The molecule has 0 aliphatic heterocycles. The molecule has 1 unspecified atom stereocenters. The van der Waals surface area contributed by atoms with Crippen LogP contribution in [0.4, 0.5) is 0 Å². The number of phenols is 1. The summed E-state index contributed by atoms with van der Waals surface area (Å²) in [5.74, 6) is 1.95. The molecule has 2 N–H and O–H groups in total. The molecule has 0 saturated heterocycles. The molecule has 0 spiro atoms. The summed E-state index contributed by atoms with van der Waals surface area (Å²) < 4.78 is 0. The van der Waals surface area contributed by atoms with Gasteiger partial charge in [0.05, 0.1) is 0 Å². The molecule has 1 aromatic rings. The first-order valence-electron chi connectivity index (χ1n) is 5.56. The second kappa shape index (κ2) is 6.67. The molecule has 0 aromatic heterocycles. The van der Waals surface area contributed by atoms with Crippen LogP contribution in [0.1, 0.15) is 29.8 Å². The lowest BCUT2D eigenvalue weighted by Gasteiger charge is -2.09. The van der Waals surface area contributed by atoms with Crippen LogP contribution in [0.15, 0.2) is 18.2 Å².